The van der Waals surface area contributed by atoms with Gasteiger partial charge >= 0.3 is 11.9 Å². The number of hydrogen-bond acceptors (Lipinski definition) is 5. The highest BCUT2D eigenvalue weighted by Gasteiger charge is 2.39. The van der Waals surface area contributed by atoms with Crippen LogP contribution in [-0.2, 0) is 9.53 Å². The zero-order chi connectivity index (χ0) is 14.6. The van der Waals surface area contributed by atoms with E-state index in [1.165, 1.54) is 19.4 Å². The molecular weight excluding hydrogens is 260 g/mol. The maximum absolute atomic E-state index is 11.6. The summed E-state index contributed by atoms with van der Waals surface area (Å²) >= 11 is 0. The van der Waals surface area contributed by atoms with Crippen molar-refractivity contribution in [2.45, 2.75) is 37.6 Å². The number of ether oxygens (including phenoxy) is 1. The van der Waals surface area contributed by atoms with Gasteiger partial charge in [0.2, 0.25) is 0 Å². The van der Waals surface area contributed by atoms with Gasteiger partial charge in [-0.15, -0.1) is 0 Å². The van der Waals surface area contributed by atoms with Crippen molar-refractivity contribution in [1.82, 2.24) is 4.98 Å². The number of methoxy groups -OCH3 is 1. The molecule has 1 aliphatic carbocycles. The molecule has 0 bridgehead atoms. The van der Waals surface area contributed by atoms with Crippen LogP contribution in [0.5, 0.6) is 0 Å². The molecule has 6 heteroatoms. The summed E-state index contributed by atoms with van der Waals surface area (Å²) in [5, 5.41) is 12.6. The molecule has 108 valence electrons. The fraction of sp³-hybridized carbons (Fsp3) is 0.500. The molecule has 0 saturated heterocycles. The van der Waals surface area contributed by atoms with E-state index in [-0.39, 0.29) is 5.69 Å². The number of hydrogen-bond donors (Lipinski definition) is 2. The van der Waals surface area contributed by atoms with Crippen molar-refractivity contribution in [2.75, 3.05) is 12.4 Å². The molecule has 1 aromatic heterocycles. The molecule has 1 aromatic rings. The highest BCUT2D eigenvalue weighted by molar-refractivity contribution is 5.89. The molecule has 0 amide bonds. The average Bonchev–Trinajstić information content (AvgIpc) is 2.47. The highest BCUT2D eigenvalue weighted by Crippen LogP contribution is 2.32. The molecule has 6 nitrogen and oxygen atoms in total. The number of carbonyl (C=O) groups excluding carboxylic acids is 1. The number of nitrogens with zero attached hydrogens (tertiary/aromatic N) is 1. The van der Waals surface area contributed by atoms with Gasteiger partial charge in [0.25, 0.3) is 0 Å². The Kier molecular flexibility index (Phi) is 4.22. The Balaban J connectivity index is 2.23. The minimum absolute atomic E-state index is 0.161. The van der Waals surface area contributed by atoms with Crippen LogP contribution in [0.25, 0.3) is 0 Å². The predicted molar refractivity (Wildman–Crippen MR) is 72.7 cm³/mol. The number of carboxylic acids is 1. The summed E-state index contributed by atoms with van der Waals surface area (Å²) in [4.78, 5) is 26.9. The maximum atomic E-state index is 11.6. The van der Waals surface area contributed by atoms with Crippen molar-refractivity contribution in [3.8, 4) is 0 Å². The average molecular weight is 278 g/mol. The lowest BCUT2D eigenvalue weighted by Crippen LogP contribution is -2.47. The third-order valence-corrected chi connectivity index (χ3v) is 3.65. The molecule has 2 rings (SSSR count). The molecule has 0 aliphatic heterocycles. The molecule has 1 fully saturated rings. The number of aliphatic carboxylic acids is 1. The predicted octanol–water partition coefficient (Wildman–Crippen LogP) is 2.07. The van der Waals surface area contributed by atoms with Crippen molar-refractivity contribution >= 4 is 17.6 Å². The second kappa shape index (κ2) is 5.90. The van der Waals surface area contributed by atoms with Crippen molar-refractivity contribution in [3.63, 3.8) is 0 Å². The van der Waals surface area contributed by atoms with Gasteiger partial charge in [-0.2, -0.15) is 0 Å². The largest absolute Gasteiger partial charge is 0.480 e. The SMILES string of the molecule is COC(=O)c1cc(NC2(C(=O)O)CCCCC2)ccn1. The first-order chi connectivity index (χ1) is 9.57. The number of carboxylic acid groups (broad SMARTS) is 1. The Bertz CT molecular complexity index is 510. The molecule has 1 saturated carbocycles. The smallest absolute Gasteiger partial charge is 0.356 e. The standard InChI is InChI=1S/C14H18N2O4/c1-20-12(17)11-9-10(5-8-15-11)16-14(13(18)19)6-3-2-4-7-14/h5,8-9H,2-4,6-7H2,1H3,(H,15,16)(H,18,19). The zero-order valence-electron chi connectivity index (χ0n) is 11.4. The van der Waals surface area contributed by atoms with E-state index in [0.29, 0.717) is 18.5 Å². The summed E-state index contributed by atoms with van der Waals surface area (Å²) in [6.45, 7) is 0. The van der Waals surface area contributed by atoms with Crippen LogP contribution in [0.15, 0.2) is 18.3 Å². The Morgan fingerprint density at radius 3 is 2.65 bits per heavy atom. The number of nitrogens with one attached hydrogen (secondary N) is 1. The zero-order valence-corrected chi connectivity index (χ0v) is 11.4. The van der Waals surface area contributed by atoms with E-state index in [4.69, 9.17) is 0 Å². The first-order valence-corrected chi connectivity index (χ1v) is 6.63. The van der Waals surface area contributed by atoms with Gasteiger partial charge in [-0.1, -0.05) is 19.3 Å². The van der Waals surface area contributed by atoms with E-state index in [2.05, 4.69) is 15.0 Å². The second-order valence-electron chi connectivity index (χ2n) is 4.99. The summed E-state index contributed by atoms with van der Waals surface area (Å²) in [6, 6.07) is 3.18. The minimum Gasteiger partial charge on any atom is -0.480 e. The second-order valence-corrected chi connectivity index (χ2v) is 4.99. The minimum atomic E-state index is -0.951. The van der Waals surface area contributed by atoms with Crippen LogP contribution in [-0.4, -0.2) is 34.7 Å². The highest BCUT2D eigenvalue weighted by atomic mass is 16.5. The molecule has 0 aromatic carbocycles. The molecule has 2 N–H and O–H groups in total. The fourth-order valence-electron chi connectivity index (χ4n) is 2.55. The molecule has 0 atom stereocenters. The van der Waals surface area contributed by atoms with Crippen LogP contribution < -0.4 is 5.32 Å². The number of anilines is 1. The number of esters is 1. The van der Waals surface area contributed by atoms with Crippen molar-refractivity contribution in [2.24, 2.45) is 0 Å². The Labute approximate surface area is 117 Å². The van der Waals surface area contributed by atoms with Crippen molar-refractivity contribution < 1.29 is 19.4 Å². The number of carbonyl (C=O) groups is 2. The first-order valence-electron chi connectivity index (χ1n) is 6.63. The van der Waals surface area contributed by atoms with Crippen molar-refractivity contribution in [3.05, 3.63) is 24.0 Å². The first kappa shape index (κ1) is 14.3. The van der Waals surface area contributed by atoms with E-state index in [0.717, 1.165) is 19.3 Å². The summed E-state index contributed by atoms with van der Waals surface area (Å²) in [5.41, 5.74) is -0.217. The van der Waals surface area contributed by atoms with Gasteiger partial charge in [0.1, 0.15) is 11.2 Å². The summed E-state index contributed by atoms with van der Waals surface area (Å²) < 4.78 is 4.61. The van der Waals surface area contributed by atoms with Gasteiger partial charge in [-0.25, -0.2) is 14.6 Å². The van der Waals surface area contributed by atoms with Crippen molar-refractivity contribution in [1.29, 1.82) is 0 Å². The van der Waals surface area contributed by atoms with E-state index >= 15 is 0 Å². The van der Waals surface area contributed by atoms with Crippen LogP contribution in [0, 0.1) is 0 Å². The van der Waals surface area contributed by atoms with Gasteiger partial charge in [0, 0.05) is 11.9 Å². The topological polar surface area (TPSA) is 88.5 Å². The van der Waals surface area contributed by atoms with E-state index in [1.54, 1.807) is 6.07 Å². The van der Waals surface area contributed by atoms with Crippen LogP contribution in [0.1, 0.15) is 42.6 Å². The number of aromatic nitrogens is 1. The third-order valence-electron chi connectivity index (χ3n) is 3.65. The van der Waals surface area contributed by atoms with Crippen LogP contribution in [0.4, 0.5) is 5.69 Å². The Hall–Kier alpha value is -2.11. The van der Waals surface area contributed by atoms with Gasteiger partial charge in [0.05, 0.1) is 7.11 Å². The molecule has 0 radical (unpaired) electrons. The van der Waals surface area contributed by atoms with Crippen LogP contribution >= 0.6 is 0 Å². The van der Waals surface area contributed by atoms with Gasteiger partial charge in [-0.3, -0.25) is 0 Å². The molecule has 0 spiro atoms. The Morgan fingerprint density at radius 2 is 2.05 bits per heavy atom. The van der Waals surface area contributed by atoms with E-state index in [9.17, 15) is 14.7 Å². The number of rotatable bonds is 4. The van der Waals surface area contributed by atoms with Gasteiger partial charge in [-0.05, 0) is 25.0 Å². The molecule has 0 unspecified atom stereocenters. The number of pyridine rings is 1. The quantitative estimate of drug-likeness (QED) is 0.820. The lowest BCUT2D eigenvalue weighted by atomic mass is 9.81. The molecular formula is C14H18N2O4. The molecule has 20 heavy (non-hydrogen) atoms. The summed E-state index contributed by atoms with van der Waals surface area (Å²) in [6.07, 6.45) is 5.45. The van der Waals surface area contributed by atoms with E-state index in [1.807, 2.05) is 0 Å². The molecule has 1 heterocycles. The van der Waals surface area contributed by atoms with Crippen LogP contribution in [0.2, 0.25) is 0 Å². The fourth-order valence-corrected chi connectivity index (χ4v) is 2.55. The lowest BCUT2D eigenvalue weighted by molar-refractivity contribution is -0.143. The summed E-state index contributed by atoms with van der Waals surface area (Å²) in [7, 11) is 1.28. The van der Waals surface area contributed by atoms with Gasteiger partial charge in [0.15, 0.2) is 0 Å². The molecule has 1 aliphatic rings. The maximum Gasteiger partial charge on any atom is 0.356 e. The lowest BCUT2D eigenvalue weighted by Gasteiger charge is -2.34. The monoisotopic (exact) mass is 278 g/mol. The normalized spacial score (nSPS) is 17.2. The van der Waals surface area contributed by atoms with Crippen LogP contribution in [0.3, 0.4) is 0 Å². The van der Waals surface area contributed by atoms with E-state index < -0.39 is 17.5 Å². The Morgan fingerprint density at radius 1 is 1.35 bits per heavy atom. The summed E-state index contributed by atoms with van der Waals surface area (Å²) in [5.74, 6) is -1.39. The third kappa shape index (κ3) is 2.89. The van der Waals surface area contributed by atoms with Gasteiger partial charge < -0.3 is 15.2 Å².